The zero-order chi connectivity index (χ0) is 24.0. The highest BCUT2D eigenvalue weighted by Gasteiger charge is 2.48. The average molecular weight is 476 g/mol. The number of phenolic OH excluding ortho intramolecular Hbond substituents is 1. The van der Waals surface area contributed by atoms with Gasteiger partial charge in [0, 0.05) is 5.56 Å². The van der Waals surface area contributed by atoms with E-state index in [1.54, 1.807) is 36.4 Å². The number of ketones is 1. The number of halogens is 1. The van der Waals surface area contributed by atoms with E-state index in [9.17, 15) is 24.2 Å². The fraction of sp³-hybridized carbons (Fsp3) is 0.0800. The second kappa shape index (κ2) is 8.27. The van der Waals surface area contributed by atoms with Gasteiger partial charge in [-0.05, 0) is 60.2 Å². The first-order valence-electron chi connectivity index (χ1n) is 10.2. The molecule has 170 valence electrons. The third-order valence-corrected chi connectivity index (χ3v) is 6.56. The topological polar surface area (TPSA) is 100.0 Å². The van der Waals surface area contributed by atoms with Crippen molar-refractivity contribution < 1.29 is 28.9 Å². The fourth-order valence-corrected chi connectivity index (χ4v) is 4.95. The number of rotatable bonds is 4. The van der Waals surface area contributed by atoms with Crippen molar-refractivity contribution in [2.75, 3.05) is 12.0 Å². The Morgan fingerprint density at radius 1 is 1.09 bits per heavy atom. The van der Waals surface area contributed by atoms with Crippen molar-refractivity contribution in [2.24, 2.45) is 0 Å². The first-order chi connectivity index (χ1) is 16.4. The number of fused-ring (bicyclic) bond motifs is 1. The maximum atomic E-state index is 13.7. The maximum Gasteiger partial charge on any atom is 0.301 e. The number of hydrogen-bond donors (Lipinski definition) is 2. The van der Waals surface area contributed by atoms with E-state index in [4.69, 9.17) is 4.74 Å². The number of carbonyl (C=O) groups excluding carboxylic acids is 2. The standard InChI is InChI=1S/C25H17FN2O5S/c1-33-17-8-5-13(6-9-17)22(30)20-21(14-3-2-4-16(29)11-14)28(24(32)23(20)31)25-27-18-10-7-15(26)12-19(18)34-25/h2-12,21,29-30H,1H3. The molecule has 2 N–H and O–H groups in total. The van der Waals surface area contributed by atoms with Crippen LogP contribution in [-0.2, 0) is 9.59 Å². The Morgan fingerprint density at radius 2 is 1.85 bits per heavy atom. The molecule has 1 aromatic heterocycles. The molecule has 0 radical (unpaired) electrons. The minimum Gasteiger partial charge on any atom is -0.508 e. The lowest BCUT2D eigenvalue weighted by molar-refractivity contribution is -0.132. The Balaban J connectivity index is 1.72. The number of benzene rings is 3. The summed E-state index contributed by atoms with van der Waals surface area (Å²) in [5, 5.41) is 21.4. The molecule has 1 atom stereocenters. The van der Waals surface area contributed by atoms with E-state index in [0.29, 0.717) is 27.1 Å². The highest BCUT2D eigenvalue weighted by Crippen LogP contribution is 2.44. The molecule has 5 rings (SSSR count). The summed E-state index contributed by atoms with van der Waals surface area (Å²) in [7, 11) is 1.51. The van der Waals surface area contributed by atoms with Crippen LogP contribution in [0.4, 0.5) is 9.52 Å². The summed E-state index contributed by atoms with van der Waals surface area (Å²) < 4.78 is 19.4. The number of Topliss-reactive ketones (excluding diaryl/α,β-unsaturated/α-hetero) is 1. The van der Waals surface area contributed by atoms with Gasteiger partial charge in [0.1, 0.15) is 23.1 Å². The number of carbonyl (C=O) groups is 2. The van der Waals surface area contributed by atoms with Crippen molar-refractivity contribution in [1.82, 2.24) is 4.98 Å². The van der Waals surface area contributed by atoms with Crippen molar-refractivity contribution >= 4 is 44.1 Å². The normalized spacial score (nSPS) is 17.5. The molecule has 1 aliphatic rings. The molecule has 7 nitrogen and oxygen atoms in total. The molecule has 0 bridgehead atoms. The Labute approximate surface area is 197 Å². The van der Waals surface area contributed by atoms with Gasteiger partial charge in [0.2, 0.25) is 0 Å². The zero-order valence-corrected chi connectivity index (χ0v) is 18.5. The predicted octanol–water partition coefficient (Wildman–Crippen LogP) is 4.78. The Bertz CT molecular complexity index is 1480. The zero-order valence-electron chi connectivity index (χ0n) is 17.7. The van der Waals surface area contributed by atoms with Gasteiger partial charge in [0.25, 0.3) is 5.78 Å². The summed E-state index contributed by atoms with van der Waals surface area (Å²) in [4.78, 5) is 32.0. The molecule has 1 amide bonds. The summed E-state index contributed by atoms with van der Waals surface area (Å²) in [6, 6.07) is 15.5. The monoisotopic (exact) mass is 476 g/mol. The molecule has 1 unspecified atom stereocenters. The largest absolute Gasteiger partial charge is 0.508 e. The lowest BCUT2D eigenvalue weighted by Gasteiger charge is -2.23. The number of phenols is 1. The maximum absolute atomic E-state index is 13.7. The van der Waals surface area contributed by atoms with Crippen molar-refractivity contribution in [3.63, 3.8) is 0 Å². The van der Waals surface area contributed by atoms with Gasteiger partial charge in [-0.15, -0.1) is 0 Å². The molecule has 0 aliphatic carbocycles. The van der Waals surface area contributed by atoms with Crippen LogP contribution in [-0.4, -0.2) is 34.0 Å². The van der Waals surface area contributed by atoms with Gasteiger partial charge >= 0.3 is 5.91 Å². The van der Waals surface area contributed by atoms with Crippen LogP contribution in [0.15, 0.2) is 72.3 Å². The van der Waals surface area contributed by atoms with Crippen LogP contribution in [0.25, 0.3) is 16.0 Å². The molecule has 34 heavy (non-hydrogen) atoms. The molecule has 0 saturated carbocycles. The third-order valence-electron chi connectivity index (χ3n) is 5.54. The fourth-order valence-electron chi connectivity index (χ4n) is 3.93. The van der Waals surface area contributed by atoms with E-state index in [-0.39, 0.29) is 22.2 Å². The molecule has 1 saturated heterocycles. The highest BCUT2D eigenvalue weighted by atomic mass is 32.1. The third kappa shape index (κ3) is 3.56. The number of anilines is 1. The van der Waals surface area contributed by atoms with Gasteiger partial charge in [-0.3, -0.25) is 14.5 Å². The van der Waals surface area contributed by atoms with Crippen LogP contribution < -0.4 is 9.64 Å². The first-order valence-corrected chi connectivity index (χ1v) is 11.0. The van der Waals surface area contributed by atoms with E-state index >= 15 is 0 Å². The summed E-state index contributed by atoms with van der Waals surface area (Å²) in [5.74, 6) is -2.12. The number of aliphatic hydroxyl groups is 1. The molecule has 9 heteroatoms. The quantitative estimate of drug-likeness (QED) is 0.250. The van der Waals surface area contributed by atoms with Gasteiger partial charge in [0.15, 0.2) is 5.13 Å². The Hall–Kier alpha value is -4.24. The number of amides is 1. The Morgan fingerprint density at radius 3 is 2.56 bits per heavy atom. The van der Waals surface area contributed by atoms with E-state index < -0.39 is 23.5 Å². The SMILES string of the molecule is COc1ccc(C(O)=C2C(=O)C(=O)N(c3nc4ccc(F)cc4s3)C2c2cccc(O)c2)cc1. The summed E-state index contributed by atoms with van der Waals surface area (Å²) in [6.07, 6.45) is 0. The Kier molecular flexibility index (Phi) is 5.25. The smallest absolute Gasteiger partial charge is 0.301 e. The lowest BCUT2D eigenvalue weighted by atomic mass is 9.95. The summed E-state index contributed by atoms with van der Waals surface area (Å²) in [5.41, 5.74) is 1.04. The van der Waals surface area contributed by atoms with E-state index in [2.05, 4.69) is 4.98 Å². The number of methoxy groups -OCH3 is 1. The van der Waals surface area contributed by atoms with Crippen molar-refractivity contribution in [2.45, 2.75) is 6.04 Å². The van der Waals surface area contributed by atoms with E-state index in [1.807, 2.05) is 0 Å². The minimum absolute atomic E-state index is 0.0705. The number of aromatic nitrogens is 1. The number of hydrogen-bond acceptors (Lipinski definition) is 7. The second-order valence-corrected chi connectivity index (χ2v) is 8.61. The van der Waals surface area contributed by atoms with E-state index in [0.717, 1.165) is 11.3 Å². The van der Waals surface area contributed by atoms with Crippen LogP contribution >= 0.6 is 11.3 Å². The minimum atomic E-state index is -1.06. The summed E-state index contributed by atoms with van der Waals surface area (Å²) >= 11 is 1.05. The van der Waals surface area contributed by atoms with E-state index in [1.165, 1.54) is 42.3 Å². The number of aliphatic hydroxyl groups excluding tert-OH is 1. The van der Waals surface area contributed by atoms with Gasteiger partial charge < -0.3 is 14.9 Å². The lowest BCUT2D eigenvalue weighted by Crippen LogP contribution is -2.29. The number of ether oxygens (including phenoxy) is 1. The van der Waals surface area contributed by atoms with Gasteiger partial charge in [-0.1, -0.05) is 23.5 Å². The van der Waals surface area contributed by atoms with Gasteiger partial charge in [0.05, 0.1) is 28.9 Å². The summed E-state index contributed by atoms with van der Waals surface area (Å²) in [6.45, 7) is 0. The van der Waals surface area contributed by atoms with Crippen LogP contribution in [0.2, 0.25) is 0 Å². The van der Waals surface area contributed by atoms with Crippen molar-refractivity contribution in [3.8, 4) is 11.5 Å². The number of thiazole rings is 1. The number of nitrogens with zero attached hydrogens (tertiary/aromatic N) is 2. The second-order valence-electron chi connectivity index (χ2n) is 7.60. The number of aromatic hydroxyl groups is 1. The molecule has 2 heterocycles. The first kappa shape index (κ1) is 21.6. The van der Waals surface area contributed by atoms with Gasteiger partial charge in [-0.25, -0.2) is 9.37 Å². The molecular formula is C25H17FN2O5S. The molecule has 1 fully saturated rings. The molecule has 3 aromatic carbocycles. The predicted molar refractivity (Wildman–Crippen MR) is 125 cm³/mol. The molecule has 0 spiro atoms. The van der Waals surface area contributed by atoms with Crippen molar-refractivity contribution in [3.05, 3.63) is 89.2 Å². The molecule has 1 aliphatic heterocycles. The highest BCUT2D eigenvalue weighted by molar-refractivity contribution is 7.22. The van der Waals surface area contributed by atoms with Crippen LogP contribution in [0.1, 0.15) is 17.2 Å². The average Bonchev–Trinajstić information content (AvgIpc) is 3.36. The molecule has 4 aromatic rings. The molecular weight excluding hydrogens is 459 g/mol. The van der Waals surface area contributed by atoms with Crippen molar-refractivity contribution in [1.29, 1.82) is 0 Å². The van der Waals surface area contributed by atoms with Crippen LogP contribution in [0.5, 0.6) is 11.5 Å². The van der Waals surface area contributed by atoms with Crippen LogP contribution in [0.3, 0.4) is 0 Å². The van der Waals surface area contributed by atoms with Gasteiger partial charge in [-0.2, -0.15) is 0 Å². The van der Waals surface area contributed by atoms with Crippen LogP contribution in [0, 0.1) is 5.82 Å².